The van der Waals surface area contributed by atoms with Gasteiger partial charge < -0.3 is 9.47 Å². The largest absolute Gasteiger partial charge is 0.508 e. The van der Waals surface area contributed by atoms with Gasteiger partial charge in [-0.1, -0.05) is 98.1 Å². The van der Waals surface area contributed by atoms with Crippen LogP contribution in [0, 0.1) is 46.3 Å². The van der Waals surface area contributed by atoms with E-state index in [2.05, 4.69) is 47.6 Å². The lowest BCUT2D eigenvalue weighted by molar-refractivity contribution is -0.0617. The fourth-order valence-corrected chi connectivity index (χ4v) is 9.78. The lowest BCUT2D eigenvalue weighted by atomic mass is 9.47. The summed E-state index contributed by atoms with van der Waals surface area (Å²) < 4.78 is 11.2. The van der Waals surface area contributed by atoms with E-state index >= 15 is 0 Å². The number of rotatable bonds is 12. The maximum absolute atomic E-state index is 12.3. The lowest BCUT2D eigenvalue weighted by Crippen LogP contribution is -2.51. The SMILES string of the molecule is CCCCCCCOC(=O)O[C@H]1CC[C@@]2(C)C(=CC[C@H]3[C@@H]4CC[C@H](C(C)CCCC(C)C)[C@@]4(C)CC[C@@H]32)C1. The summed E-state index contributed by atoms with van der Waals surface area (Å²) in [6.07, 6.45) is 22.2. The molecule has 0 aliphatic heterocycles. The first-order valence-corrected chi connectivity index (χ1v) is 16.7. The molecular weight excluding hydrogens is 468 g/mol. The van der Waals surface area contributed by atoms with Gasteiger partial charge in [-0.15, -0.1) is 0 Å². The first-order chi connectivity index (χ1) is 18.2. The molecule has 4 aliphatic carbocycles. The molecule has 3 fully saturated rings. The fraction of sp³-hybridized carbons (Fsp3) is 0.914. The fourth-order valence-electron chi connectivity index (χ4n) is 9.78. The van der Waals surface area contributed by atoms with E-state index in [4.69, 9.17) is 9.47 Å². The molecule has 0 N–H and O–H groups in total. The molecular formula is C35H60O3. The van der Waals surface area contributed by atoms with E-state index < -0.39 is 6.16 Å². The average molecular weight is 529 g/mol. The summed E-state index contributed by atoms with van der Waals surface area (Å²) in [6, 6.07) is 0. The first kappa shape index (κ1) is 30.0. The molecule has 0 heterocycles. The van der Waals surface area contributed by atoms with Gasteiger partial charge in [0, 0.05) is 6.42 Å². The Morgan fingerprint density at radius 1 is 0.947 bits per heavy atom. The molecule has 3 heteroatoms. The first-order valence-electron chi connectivity index (χ1n) is 16.7. The van der Waals surface area contributed by atoms with Crippen LogP contribution in [0.3, 0.4) is 0 Å². The number of carbonyl (C=O) groups is 1. The van der Waals surface area contributed by atoms with E-state index in [1.807, 2.05) is 0 Å². The van der Waals surface area contributed by atoms with Gasteiger partial charge in [-0.2, -0.15) is 0 Å². The van der Waals surface area contributed by atoms with Crippen LogP contribution < -0.4 is 0 Å². The van der Waals surface area contributed by atoms with E-state index in [-0.39, 0.29) is 6.10 Å². The highest BCUT2D eigenvalue weighted by Crippen LogP contribution is 2.67. The Kier molecular flexibility index (Phi) is 10.3. The number of hydrogen-bond donors (Lipinski definition) is 0. The van der Waals surface area contributed by atoms with Crippen molar-refractivity contribution in [3.8, 4) is 0 Å². The standard InChI is InChI=1S/C35H60O3/c1-7-8-9-10-11-23-37-33(36)38-28-19-21-34(5)27(24-28)15-16-29-31-18-17-30(26(4)14-12-13-25(2)3)35(31,6)22-20-32(29)34/h15,25-26,28-32H,7-14,16-24H2,1-6H3/t26?,28-,29-,30+,31-,32-,34-,35+/m0/s1. The highest BCUT2D eigenvalue weighted by Gasteiger charge is 2.59. The van der Waals surface area contributed by atoms with Crippen molar-refractivity contribution in [3.63, 3.8) is 0 Å². The zero-order valence-electron chi connectivity index (χ0n) is 25.9. The molecule has 4 rings (SSSR count). The van der Waals surface area contributed by atoms with Crippen molar-refractivity contribution in [1.29, 1.82) is 0 Å². The minimum atomic E-state index is -0.448. The molecule has 8 atom stereocenters. The molecule has 38 heavy (non-hydrogen) atoms. The Balaban J connectivity index is 1.31. The number of carbonyl (C=O) groups excluding carboxylic acids is 1. The van der Waals surface area contributed by atoms with Crippen LogP contribution in [0.4, 0.5) is 4.79 Å². The molecule has 3 saturated carbocycles. The van der Waals surface area contributed by atoms with Crippen LogP contribution >= 0.6 is 0 Å². The van der Waals surface area contributed by atoms with Crippen molar-refractivity contribution in [1.82, 2.24) is 0 Å². The highest BCUT2D eigenvalue weighted by atomic mass is 16.7. The highest BCUT2D eigenvalue weighted by molar-refractivity contribution is 5.60. The molecule has 0 amide bonds. The Labute approximate surface area is 235 Å². The second-order valence-electron chi connectivity index (χ2n) is 14.8. The predicted molar refractivity (Wildman–Crippen MR) is 158 cm³/mol. The molecule has 0 saturated heterocycles. The topological polar surface area (TPSA) is 35.5 Å². The van der Waals surface area contributed by atoms with Gasteiger partial charge in [-0.3, -0.25) is 0 Å². The summed E-state index contributed by atoms with van der Waals surface area (Å²) >= 11 is 0. The molecule has 218 valence electrons. The Bertz CT molecular complexity index is 801. The number of allylic oxidation sites excluding steroid dienone is 1. The summed E-state index contributed by atoms with van der Waals surface area (Å²) in [6.45, 7) is 15.3. The monoisotopic (exact) mass is 528 g/mol. The van der Waals surface area contributed by atoms with Crippen molar-refractivity contribution in [2.45, 2.75) is 150 Å². The van der Waals surface area contributed by atoms with E-state index in [0.717, 1.165) is 67.6 Å². The zero-order chi connectivity index (χ0) is 27.3. The Morgan fingerprint density at radius 2 is 1.74 bits per heavy atom. The number of hydrogen-bond acceptors (Lipinski definition) is 3. The van der Waals surface area contributed by atoms with E-state index in [1.54, 1.807) is 5.57 Å². The third-order valence-corrected chi connectivity index (χ3v) is 12.0. The van der Waals surface area contributed by atoms with E-state index in [0.29, 0.717) is 17.4 Å². The van der Waals surface area contributed by atoms with Crippen LogP contribution in [-0.2, 0) is 9.47 Å². The predicted octanol–water partition coefficient (Wildman–Crippen LogP) is 10.5. The summed E-state index contributed by atoms with van der Waals surface area (Å²) in [5.41, 5.74) is 2.43. The summed E-state index contributed by atoms with van der Waals surface area (Å²) in [5, 5.41) is 0. The van der Waals surface area contributed by atoms with Gasteiger partial charge in [0.05, 0.1) is 6.61 Å². The average Bonchev–Trinajstić information content (AvgIpc) is 3.23. The zero-order valence-corrected chi connectivity index (χ0v) is 25.9. The van der Waals surface area contributed by atoms with Gasteiger partial charge in [0.25, 0.3) is 0 Å². The minimum Gasteiger partial charge on any atom is -0.434 e. The van der Waals surface area contributed by atoms with Gasteiger partial charge >= 0.3 is 6.16 Å². The third kappa shape index (κ3) is 6.49. The quantitative estimate of drug-likeness (QED) is 0.143. The smallest absolute Gasteiger partial charge is 0.434 e. The molecule has 3 nitrogen and oxygen atoms in total. The summed E-state index contributed by atoms with van der Waals surface area (Å²) in [7, 11) is 0. The second kappa shape index (κ2) is 13.1. The second-order valence-corrected chi connectivity index (χ2v) is 14.8. The molecule has 0 aromatic carbocycles. The molecule has 1 unspecified atom stereocenters. The maximum atomic E-state index is 12.3. The molecule has 0 radical (unpaired) electrons. The third-order valence-electron chi connectivity index (χ3n) is 12.0. The number of unbranched alkanes of at least 4 members (excludes halogenated alkanes) is 4. The summed E-state index contributed by atoms with van der Waals surface area (Å²) in [5.74, 6) is 5.18. The normalized spacial score (nSPS) is 37.1. The van der Waals surface area contributed by atoms with Crippen LogP contribution in [0.5, 0.6) is 0 Å². The van der Waals surface area contributed by atoms with Crippen LogP contribution in [0.15, 0.2) is 11.6 Å². The van der Waals surface area contributed by atoms with Crippen LogP contribution in [0.25, 0.3) is 0 Å². The van der Waals surface area contributed by atoms with Gasteiger partial charge in [0.15, 0.2) is 0 Å². The Hall–Kier alpha value is -0.990. The number of fused-ring (bicyclic) bond motifs is 5. The van der Waals surface area contributed by atoms with Crippen molar-refractivity contribution in [2.75, 3.05) is 6.61 Å². The van der Waals surface area contributed by atoms with Crippen LogP contribution in [0.2, 0.25) is 0 Å². The molecule has 0 aromatic rings. The number of ether oxygens (including phenoxy) is 2. The maximum Gasteiger partial charge on any atom is 0.508 e. The van der Waals surface area contributed by atoms with Gasteiger partial charge in [0.1, 0.15) is 6.10 Å². The minimum absolute atomic E-state index is 0.00475. The van der Waals surface area contributed by atoms with Gasteiger partial charge in [-0.05, 0) is 97.7 Å². The van der Waals surface area contributed by atoms with Crippen LogP contribution in [0.1, 0.15) is 144 Å². The molecule has 0 bridgehead atoms. The molecule has 0 spiro atoms. The lowest BCUT2D eigenvalue weighted by Gasteiger charge is -2.58. The molecule has 4 aliphatic rings. The van der Waals surface area contributed by atoms with Crippen molar-refractivity contribution in [2.24, 2.45) is 46.3 Å². The van der Waals surface area contributed by atoms with E-state index in [1.165, 1.54) is 70.6 Å². The molecule has 0 aromatic heterocycles. The van der Waals surface area contributed by atoms with Gasteiger partial charge in [0.2, 0.25) is 0 Å². The van der Waals surface area contributed by atoms with E-state index in [9.17, 15) is 4.79 Å². The van der Waals surface area contributed by atoms with Gasteiger partial charge in [-0.25, -0.2) is 4.79 Å². The van der Waals surface area contributed by atoms with Crippen LogP contribution in [-0.4, -0.2) is 18.9 Å². The van der Waals surface area contributed by atoms with Crippen molar-refractivity contribution >= 4 is 6.16 Å². The van der Waals surface area contributed by atoms with Crippen molar-refractivity contribution in [3.05, 3.63) is 11.6 Å². The van der Waals surface area contributed by atoms with Crippen molar-refractivity contribution < 1.29 is 14.3 Å². The summed E-state index contributed by atoms with van der Waals surface area (Å²) in [4.78, 5) is 12.3. The Morgan fingerprint density at radius 3 is 2.50 bits per heavy atom.